The molecule has 0 N–H and O–H groups in total. The molecule has 6 heteroatoms. The molecule has 0 bridgehead atoms. The Hall–Kier alpha value is -2.70. The third-order valence-electron chi connectivity index (χ3n) is 4.45. The van der Waals surface area contributed by atoms with E-state index in [1.165, 1.54) is 16.2 Å². The summed E-state index contributed by atoms with van der Waals surface area (Å²) in [5.41, 5.74) is 2.75. The summed E-state index contributed by atoms with van der Waals surface area (Å²) in [7, 11) is 0. The summed E-state index contributed by atoms with van der Waals surface area (Å²) in [4.78, 5) is 25.3. The van der Waals surface area contributed by atoms with Crippen LogP contribution in [0.1, 0.15) is 18.2 Å². The Morgan fingerprint density at radius 1 is 1.03 bits per heavy atom. The average molecular weight is 420 g/mol. The number of benzene rings is 2. The first kappa shape index (κ1) is 19.6. The number of nitrogens with zero attached hydrogens (tertiary/aromatic N) is 3. The largest absolute Gasteiger partial charge is 0.282 e. The molecule has 0 aliphatic rings. The van der Waals surface area contributed by atoms with Gasteiger partial charge in [-0.15, -0.1) is 11.8 Å². The van der Waals surface area contributed by atoms with Crippen LogP contribution in [0.5, 0.6) is 0 Å². The minimum Gasteiger partial charge on any atom is -0.282 e. The second-order valence-corrected chi connectivity index (χ2v) is 8.87. The number of amides is 1. The Morgan fingerprint density at radius 3 is 2.55 bits per heavy atom. The smallest absolute Gasteiger partial charge is 0.233 e. The first-order valence-corrected chi connectivity index (χ1v) is 11.3. The van der Waals surface area contributed by atoms with Gasteiger partial charge in [-0.1, -0.05) is 48.6 Å². The molecule has 29 heavy (non-hydrogen) atoms. The van der Waals surface area contributed by atoms with Crippen molar-refractivity contribution in [3.63, 3.8) is 0 Å². The maximum absolute atomic E-state index is 13.3. The number of para-hydroxylation sites is 1. The van der Waals surface area contributed by atoms with Crippen molar-refractivity contribution >= 4 is 44.4 Å². The van der Waals surface area contributed by atoms with Crippen molar-refractivity contribution in [3.8, 4) is 0 Å². The Labute approximate surface area is 178 Å². The Balaban J connectivity index is 1.61. The van der Waals surface area contributed by atoms with Crippen LogP contribution in [0.4, 0.5) is 5.13 Å². The average Bonchev–Trinajstić information content (AvgIpc) is 3.18. The number of hydrogen-bond acceptors (Lipinski definition) is 5. The van der Waals surface area contributed by atoms with E-state index in [2.05, 4.69) is 24.0 Å². The quantitative estimate of drug-likeness (QED) is 0.367. The van der Waals surface area contributed by atoms with Crippen molar-refractivity contribution in [2.45, 2.75) is 24.8 Å². The Bertz CT molecular complexity index is 1060. The van der Waals surface area contributed by atoms with E-state index in [1.807, 2.05) is 54.6 Å². The molecule has 0 aliphatic carbocycles. The van der Waals surface area contributed by atoms with Crippen LogP contribution in [-0.4, -0.2) is 21.6 Å². The first-order chi connectivity index (χ1) is 14.2. The highest BCUT2D eigenvalue weighted by Crippen LogP contribution is 2.30. The molecule has 2 heterocycles. The van der Waals surface area contributed by atoms with Gasteiger partial charge < -0.3 is 0 Å². The molecule has 0 spiro atoms. The maximum Gasteiger partial charge on any atom is 0.233 e. The van der Waals surface area contributed by atoms with Gasteiger partial charge in [0, 0.05) is 11.1 Å². The van der Waals surface area contributed by atoms with E-state index in [1.54, 1.807) is 22.9 Å². The van der Waals surface area contributed by atoms with Crippen molar-refractivity contribution in [1.82, 2.24) is 9.97 Å². The van der Waals surface area contributed by atoms with Crippen LogP contribution in [0, 0.1) is 0 Å². The number of hydrogen-bond donors (Lipinski definition) is 0. The van der Waals surface area contributed by atoms with Crippen molar-refractivity contribution in [1.29, 1.82) is 0 Å². The number of carbonyl (C=O) groups excluding carboxylic acids is 1. The lowest BCUT2D eigenvalue weighted by molar-refractivity contribution is -0.118. The molecule has 0 radical (unpaired) electrons. The molecule has 4 nitrogen and oxygen atoms in total. The zero-order valence-electron chi connectivity index (χ0n) is 16.1. The summed E-state index contributed by atoms with van der Waals surface area (Å²) in [6.07, 6.45) is 2.08. The van der Waals surface area contributed by atoms with Crippen molar-refractivity contribution in [2.24, 2.45) is 0 Å². The van der Waals surface area contributed by atoms with Gasteiger partial charge in [0.05, 0.1) is 28.9 Å². The van der Waals surface area contributed by atoms with Crippen LogP contribution in [0.2, 0.25) is 0 Å². The van der Waals surface area contributed by atoms with Gasteiger partial charge in [0.15, 0.2) is 5.13 Å². The molecular weight excluding hydrogens is 398 g/mol. The number of thioether (sulfide) groups is 1. The highest BCUT2D eigenvalue weighted by atomic mass is 32.2. The van der Waals surface area contributed by atoms with Crippen molar-refractivity contribution in [3.05, 3.63) is 84.2 Å². The molecule has 0 aliphatic heterocycles. The summed E-state index contributed by atoms with van der Waals surface area (Å²) < 4.78 is 1.07. The summed E-state index contributed by atoms with van der Waals surface area (Å²) in [5, 5.41) is 0.708. The highest BCUT2D eigenvalue weighted by molar-refractivity contribution is 7.99. The van der Waals surface area contributed by atoms with Gasteiger partial charge in [-0.3, -0.25) is 14.7 Å². The molecule has 4 rings (SSSR count). The number of pyridine rings is 1. The highest BCUT2D eigenvalue weighted by Gasteiger charge is 2.21. The maximum atomic E-state index is 13.3. The van der Waals surface area contributed by atoms with Crippen LogP contribution in [0.3, 0.4) is 0 Å². The predicted octanol–water partition coefficient (Wildman–Crippen LogP) is 5.58. The van der Waals surface area contributed by atoms with E-state index in [9.17, 15) is 4.79 Å². The molecular formula is C23H21N3OS2. The van der Waals surface area contributed by atoms with Gasteiger partial charge in [-0.25, -0.2) is 4.98 Å². The van der Waals surface area contributed by atoms with Gasteiger partial charge in [0.2, 0.25) is 5.91 Å². The zero-order chi connectivity index (χ0) is 20.1. The SMILES string of the molecule is CCSc1ccc(CC(=O)N(Cc2ccccn2)c2nc3ccccc3s2)cc1. The monoisotopic (exact) mass is 419 g/mol. The molecule has 0 atom stereocenters. The van der Waals surface area contributed by atoms with Crippen LogP contribution in [0.15, 0.2) is 77.8 Å². The predicted molar refractivity (Wildman–Crippen MR) is 122 cm³/mol. The number of fused-ring (bicyclic) bond motifs is 1. The minimum atomic E-state index is 0.0191. The topological polar surface area (TPSA) is 46.1 Å². The van der Waals surface area contributed by atoms with Crippen LogP contribution < -0.4 is 4.90 Å². The van der Waals surface area contributed by atoms with Gasteiger partial charge in [-0.05, 0) is 47.7 Å². The fraction of sp³-hybridized carbons (Fsp3) is 0.174. The van der Waals surface area contributed by atoms with Crippen LogP contribution >= 0.6 is 23.1 Å². The number of carbonyl (C=O) groups is 1. The molecule has 0 unspecified atom stereocenters. The molecule has 4 aromatic rings. The lowest BCUT2D eigenvalue weighted by Crippen LogP contribution is -2.32. The van der Waals surface area contributed by atoms with E-state index in [0.717, 1.165) is 27.2 Å². The second kappa shape index (κ2) is 9.20. The van der Waals surface area contributed by atoms with Gasteiger partial charge >= 0.3 is 0 Å². The Morgan fingerprint density at radius 2 is 1.83 bits per heavy atom. The van der Waals surface area contributed by atoms with E-state index < -0.39 is 0 Å². The second-order valence-electron chi connectivity index (χ2n) is 6.52. The van der Waals surface area contributed by atoms with E-state index >= 15 is 0 Å². The zero-order valence-corrected chi connectivity index (χ0v) is 17.7. The first-order valence-electron chi connectivity index (χ1n) is 9.50. The lowest BCUT2D eigenvalue weighted by atomic mass is 10.1. The third-order valence-corrected chi connectivity index (χ3v) is 6.40. The molecule has 1 amide bonds. The van der Waals surface area contributed by atoms with Gasteiger partial charge in [-0.2, -0.15) is 0 Å². The van der Waals surface area contributed by atoms with Crippen LogP contribution in [-0.2, 0) is 17.8 Å². The number of rotatable bonds is 7. The Kier molecular flexibility index (Phi) is 6.22. The summed E-state index contributed by atoms with van der Waals surface area (Å²) in [6, 6.07) is 21.9. The van der Waals surface area contributed by atoms with Crippen LogP contribution in [0.25, 0.3) is 10.2 Å². The lowest BCUT2D eigenvalue weighted by Gasteiger charge is -2.19. The number of thiazole rings is 1. The van der Waals surface area contributed by atoms with E-state index in [0.29, 0.717) is 18.1 Å². The van der Waals surface area contributed by atoms with Gasteiger partial charge in [0.25, 0.3) is 0 Å². The van der Waals surface area contributed by atoms with E-state index in [-0.39, 0.29) is 5.91 Å². The standard InChI is InChI=1S/C23H21N3OS2/c1-2-28-19-12-10-17(11-13-19)15-22(27)26(16-18-7-5-6-14-24-18)23-25-20-8-3-4-9-21(20)29-23/h3-14H,2,15-16H2,1H3. The number of aromatic nitrogens is 2. The normalized spacial score (nSPS) is 10.9. The van der Waals surface area contributed by atoms with E-state index in [4.69, 9.17) is 4.98 Å². The van der Waals surface area contributed by atoms with Gasteiger partial charge in [0.1, 0.15) is 0 Å². The summed E-state index contributed by atoms with van der Waals surface area (Å²) >= 11 is 3.33. The fourth-order valence-electron chi connectivity index (χ4n) is 3.03. The molecule has 0 saturated heterocycles. The molecule has 2 aromatic carbocycles. The molecule has 0 saturated carbocycles. The van der Waals surface area contributed by atoms with Crippen molar-refractivity contribution in [2.75, 3.05) is 10.7 Å². The molecule has 0 fully saturated rings. The fourth-order valence-corrected chi connectivity index (χ4v) is 4.68. The van der Waals surface area contributed by atoms with Crippen molar-refractivity contribution < 1.29 is 4.79 Å². The number of anilines is 1. The molecule has 2 aromatic heterocycles. The molecule has 146 valence electrons. The minimum absolute atomic E-state index is 0.0191. The summed E-state index contributed by atoms with van der Waals surface area (Å²) in [5.74, 6) is 1.05. The third kappa shape index (κ3) is 4.83. The summed E-state index contributed by atoms with van der Waals surface area (Å²) in [6.45, 7) is 2.54.